The Kier molecular flexibility index (Phi) is 8.16. The van der Waals surface area contributed by atoms with Crippen molar-refractivity contribution in [1.29, 1.82) is 0 Å². The van der Waals surface area contributed by atoms with Gasteiger partial charge in [0.2, 0.25) is 0 Å². The van der Waals surface area contributed by atoms with Crippen LogP contribution in [0.5, 0.6) is 5.75 Å². The maximum absolute atomic E-state index is 15.4. The average molecular weight is 461 g/mol. The molecule has 0 bridgehead atoms. The Bertz CT molecular complexity index is 1170. The van der Waals surface area contributed by atoms with Crippen LogP contribution in [0.2, 0.25) is 0 Å². The van der Waals surface area contributed by atoms with Gasteiger partial charge in [0.25, 0.3) is 0 Å². The number of methoxy groups -OCH3 is 1. The van der Waals surface area contributed by atoms with Crippen molar-refractivity contribution in [2.75, 3.05) is 33.4 Å². The van der Waals surface area contributed by atoms with Crippen molar-refractivity contribution in [3.05, 3.63) is 71.4 Å². The highest BCUT2D eigenvalue weighted by molar-refractivity contribution is 5.83. The fourth-order valence-corrected chi connectivity index (χ4v) is 4.91. The van der Waals surface area contributed by atoms with E-state index >= 15 is 4.39 Å². The minimum atomic E-state index is -1.07. The van der Waals surface area contributed by atoms with E-state index in [9.17, 15) is 5.11 Å². The molecule has 1 aliphatic heterocycles. The van der Waals surface area contributed by atoms with Gasteiger partial charge in [0, 0.05) is 30.3 Å². The molecule has 2 heterocycles. The van der Waals surface area contributed by atoms with E-state index in [0.717, 1.165) is 42.4 Å². The number of pyridine rings is 1. The summed E-state index contributed by atoms with van der Waals surface area (Å²) in [5, 5.41) is 10.8. The number of alkyl halides is 1. The third kappa shape index (κ3) is 5.75. The van der Waals surface area contributed by atoms with Crippen LogP contribution in [0.4, 0.5) is 4.39 Å². The average Bonchev–Trinajstić information content (AvgIpc) is 2.88. The zero-order valence-corrected chi connectivity index (χ0v) is 20.0. The molecule has 4 rings (SSSR count). The molecule has 4 nitrogen and oxygen atoms in total. The van der Waals surface area contributed by atoms with Gasteiger partial charge in [-0.15, -0.1) is 0 Å². The summed E-state index contributed by atoms with van der Waals surface area (Å²) in [6, 6.07) is 15.5. The molecule has 34 heavy (non-hydrogen) atoms. The number of rotatable bonds is 7. The highest BCUT2D eigenvalue weighted by atomic mass is 19.1. The van der Waals surface area contributed by atoms with E-state index in [1.54, 1.807) is 19.4 Å². The summed E-state index contributed by atoms with van der Waals surface area (Å²) in [5.74, 6) is 7.72. The van der Waals surface area contributed by atoms with E-state index in [-0.39, 0.29) is 12.5 Å². The number of halogens is 1. The number of aryl methyl sites for hydroxylation is 1. The van der Waals surface area contributed by atoms with Crippen LogP contribution < -0.4 is 4.74 Å². The van der Waals surface area contributed by atoms with Crippen LogP contribution in [0.15, 0.2) is 54.7 Å². The van der Waals surface area contributed by atoms with Crippen LogP contribution in [0.1, 0.15) is 42.1 Å². The van der Waals surface area contributed by atoms with Crippen LogP contribution in [-0.2, 0) is 0 Å². The number of benzene rings is 2. The van der Waals surface area contributed by atoms with Gasteiger partial charge in [0.1, 0.15) is 11.9 Å². The predicted molar refractivity (Wildman–Crippen MR) is 135 cm³/mol. The number of hydrogen-bond acceptors (Lipinski definition) is 4. The van der Waals surface area contributed by atoms with Crippen LogP contribution in [-0.4, -0.2) is 48.3 Å². The molecule has 1 saturated heterocycles. The van der Waals surface area contributed by atoms with Crippen molar-refractivity contribution in [1.82, 2.24) is 9.88 Å². The molecule has 1 N–H and O–H groups in total. The number of aliphatic hydroxyl groups excluding tert-OH is 1. The van der Waals surface area contributed by atoms with Gasteiger partial charge in [0.15, 0.2) is 0 Å². The highest BCUT2D eigenvalue weighted by Gasteiger charge is 2.29. The lowest BCUT2D eigenvalue weighted by Gasteiger charge is -2.37. The lowest BCUT2D eigenvalue weighted by atomic mass is 9.81. The molecule has 0 aliphatic carbocycles. The quantitative estimate of drug-likeness (QED) is 0.485. The normalized spacial score (nSPS) is 19.4. The summed E-state index contributed by atoms with van der Waals surface area (Å²) in [6.07, 6.45) is 2.74. The largest absolute Gasteiger partial charge is 0.497 e. The first-order chi connectivity index (χ1) is 16.6. The maximum atomic E-state index is 15.4. The molecule has 0 spiro atoms. The first-order valence-electron chi connectivity index (χ1n) is 12.0. The number of nitrogens with zero attached hydrogens (tertiary/aromatic N) is 2. The van der Waals surface area contributed by atoms with Crippen molar-refractivity contribution >= 4 is 10.9 Å². The van der Waals surface area contributed by atoms with Gasteiger partial charge in [-0.1, -0.05) is 30.0 Å². The van der Waals surface area contributed by atoms with Gasteiger partial charge in [0.05, 0.1) is 19.2 Å². The van der Waals surface area contributed by atoms with E-state index in [4.69, 9.17) is 4.74 Å². The number of aromatic nitrogens is 1. The summed E-state index contributed by atoms with van der Waals surface area (Å²) in [6.45, 7) is 4.61. The summed E-state index contributed by atoms with van der Waals surface area (Å²) >= 11 is 0. The van der Waals surface area contributed by atoms with Crippen molar-refractivity contribution < 1.29 is 14.2 Å². The van der Waals surface area contributed by atoms with Crippen LogP contribution in [0.3, 0.4) is 0 Å². The number of likely N-dealkylation sites (tertiary alicyclic amines) is 1. The monoisotopic (exact) mass is 460 g/mol. The smallest absolute Gasteiger partial charge is 0.126 e. The van der Waals surface area contributed by atoms with E-state index in [1.807, 2.05) is 36.4 Å². The standard InChI is InChI=1S/C29H33FN2O2/c1-21-6-3-4-7-22(21)8-5-16-32-17-14-23(24(19-32)20-33)9-11-28(30)26-13-15-31-29-12-10-25(34-2)18-27(26)29/h3-4,6-7,10,12-13,15,18,23-24,28,33H,9,11,14,16-17,19-20H2,1-2H3/t23-,24-,28+/m1/s1. The zero-order valence-electron chi connectivity index (χ0n) is 20.0. The van der Waals surface area contributed by atoms with Gasteiger partial charge in [-0.25, -0.2) is 4.39 Å². The van der Waals surface area contributed by atoms with Crippen LogP contribution >= 0.6 is 0 Å². The minimum Gasteiger partial charge on any atom is -0.497 e. The van der Waals surface area contributed by atoms with Crippen molar-refractivity contribution in [2.45, 2.75) is 32.4 Å². The van der Waals surface area contributed by atoms with E-state index in [0.29, 0.717) is 30.2 Å². The van der Waals surface area contributed by atoms with Crippen molar-refractivity contribution in [3.63, 3.8) is 0 Å². The van der Waals surface area contributed by atoms with Crippen molar-refractivity contribution in [2.24, 2.45) is 11.8 Å². The third-order valence-corrected chi connectivity index (χ3v) is 6.99. The Hall–Kier alpha value is -2.94. The summed E-state index contributed by atoms with van der Waals surface area (Å²) < 4.78 is 20.7. The number of fused-ring (bicyclic) bond motifs is 1. The second-order valence-electron chi connectivity index (χ2n) is 9.17. The lowest BCUT2D eigenvalue weighted by Crippen LogP contribution is -2.42. The molecule has 0 saturated carbocycles. The first-order valence-corrected chi connectivity index (χ1v) is 12.0. The van der Waals surface area contributed by atoms with Crippen molar-refractivity contribution in [3.8, 4) is 17.6 Å². The molecule has 1 aromatic heterocycles. The number of hydrogen-bond donors (Lipinski definition) is 1. The molecule has 0 radical (unpaired) electrons. The van der Waals surface area contributed by atoms with Gasteiger partial charge < -0.3 is 9.84 Å². The van der Waals surface area contributed by atoms with Crippen LogP contribution in [0, 0.1) is 30.6 Å². The molecule has 2 aromatic carbocycles. The summed E-state index contributed by atoms with van der Waals surface area (Å²) in [4.78, 5) is 6.66. The number of ether oxygens (including phenoxy) is 1. The van der Waals surface area contributed by atoms with E-state index < -0.39 is 6.17 Å². The van der Waals surface area contributed by atoms with Gasteiger partial charge in [-0.2, -0.15) is 0 Å². The Morgan fingerprint density at radius 1 is 1.21 bits per heavy atom. The topological polar surface area (TPSA) is 45.6 Å². The Labute approximate surface area is 201 Å². The molecule has 3 aromatic rings. The molecule has 1 aliphatic rings. The van der Waals surface area contributed by atoms with Gasteiger partial charge in [-0.3, -0.25) is 9.88 Å². The maximum Gasteiger partial charge on any atom is 0.126 e. The highest BCUT2D eigenvalue weighted by Crippen LogP contribution is 2.35. The molecule has 0 unspecified atom stereocenters. The van der Waals surface area contributed by atoms with E-state index in [2.05, 4.69) is 34.7 Å². The zero-order chi connectivity index (χ0) is 23.9. The van der Waals surface area contributed by atoms with Crippen LogP contribution in [0.25, 0.3) is 10.9 Å². The Morgan fingerprint density at radius 3 is 2.85 bits per heavy atom. The second-order valence-corrected chi connectivity index (χ2v) is 9.17. The van der Waals surface area contributed by atoms with E-state index in [1.165, 1.54) is 5.56 Å². The van der Waals surface area contributed by atoms with Gasteiger partial charge in [-0.05, 0) is 86.0 Å². The third-order valence-electron chi connectivity index (χ3n) is 6.99. The lowest BCUT2D eigenvalue weighted by molar-refractivity contribution is 0.0708. The molecule has 3 atom stereocenters. The molecular formula is C29H33FN2O2. The fraction of sp³-hybridized carbons (Fsp3) is 0.414. The molecule has 5 heteroatoms. The Morgan fingerprint density at radius 2 is 2.06 bits per heavy atom. The fourth-order valence-electron chi connectivity index (χ4n) is 4.91. The first kappa shape index (κ1) is 24.2. The molecular weight excluding hydrogens is 427 g/mol. The predicted octanol–water partition coefficient (Wildman–Crippen LogP) is 5.32. The molecule has 178 valence electrons. The second kappa shape index (κ2) is 11.5. The summed E-state index contributed by atoms with van der Waals surface area (Å²) in [5.41, 5.74) is 3.68. The number of aliphatic hydroxyl groups is 1. The van der Waals surface area contributed by atoms with Gasteiger partial charge >= 0.3 is 0 Å². The minimum absolute atomic E-state index is 0.124. The molecule has 1 fully saturated rings. The Balaban J connectivity index is 1.34. The SMILES string of the molecule is COc1ccc2nccc([C@@H](F)CC[C@@H]3CCN(CC#Cc4ccccc4C)C[C@@H]3CO)c2c1. The number of piperidine rings is 1. The molecule has 0 amide bonds. The summed E-state index contributed by atoms with van der Waals surface area (Å²) in [7, 11) is 1.61.